The minimum absolute atomic E-state index is 0.351. The van der Waals surface area contributed by atoms with Crippen molar-refractivity contribution < 1.29 is 14.3 Å². The average Bonchev–Trinajstić information content (AvgIpc) is 2.34. The number of nitrogens with one attached hydrogen (secondary N) is 1. The van der Waals surface area contributed by atoms with E-state index in [1.165, 1.54) is 12.1 Å². The molecule has 0 saturated carbocycles. The number of amides is 1. The van der Waals surface area contributed by atoms with Crippen molar-refractivity contribution in [2.45, 2.75) is 6.92 Å². The van der Waals surface area contributed by atoms with Gasteiger partial charge in [-0.15, -0.1) is 0 Å². The van der Waals surface area contributed by atoms with Gasteiger partial charge in [0.2, 0.25) is 0 Å². The Balaban J connectivity index is 2.37. The van der Waals surface area contributed by atoms with Gasteiger partial charge in [0.05, 0.1) is 10.7 Å². The molecule has 0 atom stereocenters. The first-order chi connectivity index (χ1) is 9.00. The predicted molar refractivity (Wildman–Crippen MR) is 72.2 cm³/mol. The maximum Gasteiger partial charge on any atom is 0.262 e. The van der Waals surface area contributed by atoms with Crippen LogP contribution in [0.4, 0.5) is 10.1 Å². The molecule has 0 fully saturated rings. The van der Waals surface area contributed by atoms with Gasteiger partial charge in [0, 0.05) is 0 Å². The summed E-state index contributed by atoms with van der Waals surface area (Å²) >= 11 is 5.97. The van der Waals surface area contributed by atoms with E-state index in [1.54, 1.807) is 25.1 Å². The number of rotatable bonds is 2. The summed E-state index contributed by atoms with van der Waals surface area (Å²) in [6, 6.07) is 8.80. The first-order valence-corrected chi connectivity index (χ1v) is 5.92. The number of hydrogen-bond acceptors (Lipinski definition) is 2. The van der Waals surface area contributed by atoms with Crippen molar-refractivity contribution in [1.29, 1.82) is 0 Å². The van der Waals surface area contributed by atoms with Crippen molar-refractivity contribution in [3.8, 4) is 5.75 Å². The zero-order valence-corrected chi connectivity index (χ0v) is 10.8. The molecule has 0 aliphatic carbocycles. The van der Waals surface area contributed by atoms with Crippen LogP contribution in [0, 0.1) is 12.7 Å². The summed E-state index contributed by atoms with van der Waals surface area (Å²) < 4.78 is 13.6. The third-order valence-corrected chi connectivity index (χ3v) is 2.99. The van der Waals surface area contributed by atoms with Crippen molar-refractivity contribution in [2.75, 3.05) is 5.32 Å². The van der Waals surface area contributed by atoms with E-state index in [9.17, 15) is 14.3 Å². The molecule has 2 aromatic carbocycles. The lowest BCUT2D eigenvalue weighted by molar-refractivity contribution is 0.102. The molecule has 5 heteroatoms. The maximum atomic E-state index is 13.6. The molecule has 0 aliphatic heterocycles. The number of halogens is 2. The van der Waals surface area contributed by atoms with Crippen LogP contribution in [-0.4, -0.2) is 11.0 Å². The SMILES string of the molecule is Cc1cccc(Cl)c1NC(=O)c1c(O)cccc1F. The second-order valence-electron chi connectivity index (χ2n) is 4.02. The zero-order valence-electron chi connectivity index (χ0n) is 10.1. The molecule has 0 unspecified atom stereocenters. The Kier molecular flexibility index (Phi) is 3.71. The average molecular weight is 280 g/mol. The Labute approximate surface area is 114 Å². The lowest BCUT2D eigenvalue weighted by Crippen LogP contribution is -2.15. The predicted octanol–water partition coefficient (Wildman–Crippen LogP) is 3.75. The van der Waals surface area contributed by atoms with E-state index in [-0.39, 0.29) is 0 Å². The molecular formula is C14H11ClFNO2. The fraction of sp³-hybridized carbons (Fsp3) is 0.0714. The minimum Gasteiger partial charge on any atom is -0.507 e. The third kappa shape index (κ3) is 2.69. The van der Waals surface area contributed by atoms with Crippen LogP contribution in [0.2, 0.25) is 5.02 Å². The number of carbonyl (C=O) groups is 1. The standard InChI is InChI=1S/C14H11ClFNO2/c1-8-4-2-5-9(15)13(8)17-14(19)12-10(16)6-3-7-11(12)18/h2-7,18H,1H3,(H,17,19). The van der Waals surface area contributed by atoms with Crippen molar-refractivity contribution in [3.05, 3.63) is 58.4 Å². The van der Waals surface area contributed by atoms with E-state index in [0.29, 0.717) is 10.7 Å². The minimum atomic E-state index is -0.790. The number of benzene rings is 2. The van der Waals surface area contributed by atoms with Gasteiger partial charge in [0.1, 0.15) is 17.1 Å². The highest BCUT2D eigenvalue weighted by molar-refractivity contribution is 6.34. The van der Waals surface area contributed by atoms with Gasteiger partial charge in [-0.25, -0.2) is 4.39 Å². The van der Waals surface area contributed by atoms with Gasteiger partial charge >= 0.3 is 0 Å². The second-order valence-corrected chi connectivity index (χ2v) is 4.43. The number of aromatic hydroxyl groups is 1. The number of para-hydroxylation sites is 1. The third-order valence-electron chi connectivity index (χ3n) is 2.68. The Morgan fingerprint density at radius 1 is 1.26 bits per heavy atom. The van der Waals surface area contributed by atoms with Crippen LogP contribution in [0.15, 0.2) is 36.4 Å². The maximum absolute atomic E-state index is 13.6. The van der Waals surface area contributed by atoms with Gasteiger partial charge in [-0.2, -0.15) is 0 Å². The van der Waals surface area contributed by atoms with Crippen molar-refractivity contribution in [2.24, 2.45) is 0 Å². The van der Waals surface area contributed by atoms with E-state index in [4.69, 9.17) is 11.6 Å². The first-order valence-electron chi connectivity index (χ1n) is 5.54. The first kappa shape index (κ1) is 13.4. The lowest BCUT2D eigenvalue weighted by atomic mass is 10.1. The van der Waals surface area contributed by atoms with Gasteiger partial charge in [-0.3, -0.25) is 4.79 Å². The van der Waals surface area contributed by atoms with E-state index in [0.717, 1.165) is 11.6 Å². The molecule has 0 radical (unpaired) electrons. The summed E-state index contributed by atoms with van der Waals surface area (Å²) in [4.78, 5) is 12.0. The zero-order chi connectivity index (χ0) is 14.0. The molecule has 1 amide bonds. The molecule has 0 aliphatic rings. The monoisotopic (exact) mass is 279 g/mol. The normalized spacial score (nSPS) is 10.3. The van der Waals surface area contributed by atoms with Crippen molar-refractivity contribution in [3.63, 3.8) is 0 Å². The highest BCUT2D eigenvalue weighted by atomic mass is 35.5. The van der Waals surface area contributed by atoms with Crippen LogP contribution in [0.5, 0.6) is 5.75 Å². The largest absolute Gasteiger partial charge is 0.507 e. The number of aryl methyl sites for hydroxylation is 1. The smallest absolute Gasteiger partial charge is 0.262 e. The number of phenols is 1. The Morgan fingerprint density at radius 3 is 2.58 bits per heavy atom. The van der Waals surface area contributed by atoms with Gasteiger partial charge < -0.3 is 10.4 Å². The molecule has 2 rings (SSSR count). The Hall–Kier alpha value is -2.07. The molecule has 98 valence electrons. The van der Waals surface area contributed by atoms with Crippen LogP contribution in [0.25, 0.3) is 0 Å². The summed E-state index contributed by atoms with van der Waals surface area (Å²) in [5.74, 6) is -1.95. The molecule has 0 bridgehead atoms. The van der Waals surface area contributed by atoms with Crippen LogP contribution >= 0.6 is 11.6 Å². The lowest BCUT2D eigenvalue weighted by Gasteiger charge is -2.11. The van der Waals surface area contributed by atoms with E-state index in [2.05, 4.69) is 5.32 Å². The second kappa shape index (κ2) is 5.28. The molecule has 0 heterocycles. The summed E-state index contributed by atoms with van der Waals surface area (Å²) in [5, 5.41) is 12.4. The molecule has 3 nitrogen and oxygen atoms in total. The number of hydrogen-bond donors (Lipinski definition) is 2. The Bertz CT molecular complexity index is 603. The van der Waals surface area contributed by atoms with E-state index >= 15 is 0 Å². The van der Waals surface area contributed by atoms with E-state index in [1.807, 2.05) is 0 Å². The molecule has 19 heavy (non-hydrogen) atoms. The van der Waals surface area contributed by atoms with Crippen LogP contribution in [0.1, 0.15) is 15.9 Å². The molecule has 0 aromatic heterocycles. The summed E-state index contributed by atoms with van der Waals surface area (Å²) in [7, 11) is 0. The van der Waals surface area contributed by atoms with Gasteiger partial charge in [0.25, 0.3) is 5.91 Å². The van der Waals surface area contributed by atoms with Crippen molar-refractivity contribution in [1.82, 2.24) is 0 Å². The number of phenolic OH excluding ortho intramolecular Hbond substituents is 1. The topological polar surface area (TPSA) is 49.3 Å². The summed E-state index contributed by atoms with van der Waals surface area (Å²) in [5.41, 5.74) is 0.746. The number of carbonyl (C=O) groups excluding carboxylic acids is 1. The summed E-state index contributed by atoms with van der Waals surface area (Å²) in [6.45, 7) is 1.77. The molecule has 2 N–H and O–H groups in total. The van der Waals surface area contributed by atoms with E-state index < -0.39 is 23.0 Å². The highest BCUT2D eigenvalue weighted by Crippen LogP contribution is 2.27. The highest BCUT2D eigenvalue weighted by Gasteiger charge is 2.18. The summed E-state index contributed by atoms with van der Waals surface area (Å²) in [6.07, 6.45) is 0. The quantitative estimate of drug-likeness (QED) is 0.880. The fourth-order valence-corrected chi connectivity index (χ4v) is 1.97. The van der Waals surface area contributed by atoms with Crippen LogP contribution < -0.4 is 5.32 Å². The van der Waals surface area contributed by atoms with Gasteiger partial charge in [0.15, 0.2) is 0 Å². The van der Waals surface area contributed by atoms with Gasteiger partial charge in [-0.05, 0) is 30.7 Å². The molecule has 0 spiro atoms. The molecule has 2 aromatic rings. The number of anilines is 1. The molecule has 0 saturated heterocycles. The van der Waals surface area contributed by atoms with Gasteiger partial charge in [-0.1, -0.05) is 29.8 Å². The van der Waals surface area contributed by atoms with Crippen molar-refractivity contribution >= 4 is 23.2 Å². The van der Waals surface area contributed by atoms with Crippen LogP contribution in [0.3, 0.4) is 0 Å². The Morgan fingerprint density at radius 2 is 1.95 bits per heavy atom. The molecular weight excluding hydrogens is 269 g/mol. The van der Waals surface area contributed by atoms with Crippen LogP contribution in [-0.2, 0) is 0 Å². The fourth-order valence-electron chi connectivity index (χ4n) is 1.70.